The Labute approximate surface area is 135 Å². The molecule has 3 rings (SSSR count). The van der Waals surface area contributed by atoms with Gasteiger partial charge in [0.15, 0.2) is 0 Å². The van der Waals surface area contributed by atoms with Crippen LogP contribution in [0.3, 0.4) is 0 Å². The van der Waals surface area contributed by atoms with E-state index in [4.69, 9.17) is 5.11 Å². The van der Waals surface area contributed by atoms with E-state index >= 15 is 0 Å². The van der Waals surface area contributed by atoms with Crippen LogP contribution in [0, 0.1) is 10.1 Å². The number of nitrogens with zero attached hydrogens (tertiary/aromatic N) is 2. The Balaban J connectivity index is 1.71. The molecule has 5 nitrogen and oxygen atoms in total. The van der Waals surface area contributed by atoms with E-state index in [1.807, 2.05) is 30.3 Å². The fourth-order valence-corrected chi connectivity index (χ4v) is 2.74. The number of nitro groups is 1. The fourth-order valence-electron chi connectivity index (χ4n) is 2.74. The number of nitro benzene ring substituents is 1. The molecule has 0 heterocycles. The predicted molar refractivity (Wildman–Crippen MR) is 87.7 cm³/mol. The van der Waals surface area contributed by atoms with Gasteiger partial charge < -0.3 is 5.11 Å². The highest BCUT2D eigenvalue weighted by Gasteiger charge is 2.29. The summed E-state index contributed by atoms with van der Waals surface area (Å²) in [6, 6.07) is 15.4. The third-order valence-electron chi connectivity index (χ3n) is 4.16. The van der Waals surface area contributed by atoms with Crippen LogP contribution >= 0.6 is 0 Å². The largest absolute Gasteiger partial charge is 0.392 e. The van der Waals surface area contributed by atoms with Gasteiger partial charge in [0.1, 0.15) is 0 Å². The van der Waals surface area contributed by atoms with Crippen molar-refractivity contribution in [1.82, 2.24) is 4.90 Å². The Morgan fingerprint density at radius 2 is 1.70 bits per heavy atom. The van der Waals surface area contributed by atoms with Gasteiger partial charge in [-0.1, -0.05) is 36.4 Å². The maximum absolute atomic E-state index is 10.9. The number of rotatable bonds is 7. The Kier molecular flexibility index (Phi) is 4.69. The normalized spacial score (nSPS) is 14.2. The maximum atomic E-state index is 10.9. The molecule has 0 bridgehead atoms. The van der Waals surface area contributed by atoms with Crippen LogP contribution in [-0.2, 0) is 19.7 Å². The van der Waals surface area contributed by atoms with Crippen LogP contribution in [0.15, 0.2) is 48.5 Å². The first-order valence-corrected chi connectivity index (χ1v) is 7.82. The second kappa shape index (κ2) is 6.89. The fraction of sp³-hybridized carbons (Fsp3) is 0.333. The lowest BCUT2D eigenvalue weighted by molar-refractivity contribution is -0.384. The van der Waals surface area contributed by atoms with Gasteiger partial charge in [-0.3, -0.25) is 15.0 Å². The zero-order valence-corrected chi connectivity index (χ0v) is 12.9. The first-order valence-electron chi connectivity index (χ1n) is 7.82. The summed E-state index contributed by atoms with van der Waals surface area (Å²) in [6.45, 7) is 1.59. The molecule has 0 atom stereocenters. The molecular formula is C18H20N2O3. The Morgan fingerprint density at radius 1 is 1.04 bits per heavy atom. The number of hydrogen-bond donors (Lipinski definition) is 1. The molecule has 1 aliphatic carbocycles. The zero-order chi connectivity index (χ0) is 16.2. The van der Waals surface area contributed by atoms with Crippen molar-refractivity contribution in [2.24, 2.45) is 0 Å². The molecule has 0 unspecified atom stereocenters. The summed E-state index contributed by atoms with van der Waals surface area (Å²) in [7, 11) is 0. The van der Waals surface area contributed by atoms with Gasteiger partial charge in [-0.2, -0.15) is 0 Å². The number of non-ortho nitro benzene ring substituents is 1. The molecule has 1 fully saturated rings. The number of benzene rings is 2. The van der Waals surface area contributed by atoms with Crippen LogP contribution in [0.1, 0.15) is 29.5 Å². The van der Waals surface area contributed by atoms with Gasteiger partial charge in [-0.15, -0.1) is 0 Å². The minimum absolute atomic E-state index is 0.0559. The summed E-state index contributed by atoms with van der Waals surface area (Å²) >= 11 is 0. The van der Waals surface area contributed by atoms with Crippen molar-refractivity contribution in [2.75, 3.05) is 0 Å². The van der Waals surface area contributed by atoms with E-state index in [9.17, 15) is 10.1 Å². The molecular weight excluding hydrogens is 292 g/mol. The van der Waals surface area contributed by atoms with Gasteiger partial charge >= 0.3 is 0 Å². The number of aliphatic hydroxyl groups excluding tert-OH is 1. The molecule has 0 radical (unpaired) electrons. The molecule has 1 saturated carbocycles. The monoisotopic (exact) mass is 312 g/mol. The van der Waals surface area contributed by atoms with Gasteiger partial charge in [0.2, 0.25) is 0 Å². The van der Waals surface area contributed by atoms with Crippen molar-refractivity contribution < 1.29 is 10.0 Å². The molecule has 0 spiro atoms. The van der Waals surface area contributed by atoms with E-state index in [1.54, 1.807) is 12.1 Å². The Hall–Kier alpha value is -2.24. The average Bonchev–Trinajstić information content (AvgIpc) is 3.40. The van der Waals surface area contributed by atoms with Crippen LogP contribution in [0.25, 0.3) is 0 Å². The highest BCUT2D eigenvalue weighted by atomic mass is 16.6. The summed E-state index contributed by atoms with van der Waals surface area (Å²) in [5.41, 5.74) is 3.22. The Bertz CT molecular complexity index is 681. The third kappa shape index (κ3) is 4.15. The summed E-state index contributed by atoms with van der Waals surface area (Å²) in [5, 5.41) is 20.0. The minimum Gasteiger partial charge on any atom is -0.392 e. The summed E-state index contributed by atoms with van der Waals surface area (Å²) < 4.78 is 0. The quantitative estimate of drug-likeness (QED) is 0.629. The average molecular weight is 312 g/mol. The van der Waals surface area contributed by atoms with Crippen molar-refractivity contribution in [3.63, 3.8) is 0 Å². The van der Waals surface area contributed by atoms with Gasteiger partial charge in [-0.05, 0) is 29.5 Å². The summed E-state index contributed by atoms with van der Waals surface area (Å²) in [4.78, 5) is 12.9. The molecule has 5 heteroatoms. The lowest BCUT2D eigenvalue weighted by Crippen LogP contribution is -2.25. The number of aliphatic hydroxyl groups is 1. The maximum Gasteiger partial charge on any atom is 0.269 e. The SMILES string of the molecule is O=[N+]([O-])c1cccc(CN(Cc2ccc(CO)cc2)C2CC2)c1. The van der Waals surface area contributed by atoms with Gasteiger partial charge in [0, 0.05) is 31.3 Å². The van der Waals surface area contributed by atoms with Crippen molar-refractivity contribution in [1.29, 1.82) is 0 Å². The van der Waals surface area contributed by atoms with Crippen LogP contribution in [0.4, 0.5) is 5.69 Å². The minimum atomic E-state index is -0.349. The van der Waals surface area contributed by atoms with E-state index in [1.165, 1.54) is 24.5 Å². The van der Waals surface area contributed by atoms with Crippen LogP contribution < -0.4 is 0 Å². The van der Waals surface area contributed by atoms with E-state index in [-0.39, 0.29) is 17.2 Å². The molecule has 0 saturated heterocycles. The molecule has 0 aliphatic heterocycles. The highest BCUT2D eigenvalue weighted by molar-refractivity contribution is 5.34. The molecule has 120 valence electrons. The van der Waals surface area contributed by atoms with Gasteiger partial charge in [-0.25, -0.2) is 0 Å². The summed E-state index contributed by atoms with van der Waals surface area (Å²) in [5.74, 6) is 0. The van der Waals surface area contributed by atoms with Crippen molar-refractivity contribution >= 4 is 5.69 Å². The lowest BCUT2D eigenvalue weighted by atomic mass is 10.1. The zero-order valence-electron chi connectivity index (χ0n) is 12.9. The standard InChI is InChI=1S/C18H20N2O3/c21-13-15-6-4-14(5-7-15)11-19(17-8-9-17)12-16-2-1-3-18(10-16)20(22)23/h1-7,10,17,21H,8-9,11-13H2. The molecule has 2 aromatic rings. The Morgan fingerprint density at radius 3 is 2.30 bits per heavy atom. The number of hydrogen-bond acceptors (Lipinski definition) is 4. The van der Waals surface area contributed by atoms with Crippen molar-refractivity contribution in [3.05, 3.63) is 75.3 Å². The molecule has 23 heavy (non-hydrogen) atoms. The predicted octanol–water partition coefficient (Wildman–Crippen LogP) is 3.25. The lowest BCUT2D eigenvalue weighted by Gasteiger charge is -2.22. The molecule has 0 aromatic heterocycles. The molecule has 0 amide bonds. The second-order valence-electron chi connectivity index (χ2n) is 6.04. The molecule has 1 aliphatic rings. The van der Waals surface area contributed by atoms with Crippen molar-refractivity contribution in [3.8, 4) is 0 Å². The summed E-state index contributed by atoms with van der Waals surface area (Å²) in [6.07, 6.45) is 2.37. The first kappa shape index (κ1) is 15.6. The second-order valence-corrected chi connectivity index (χ2v) is 6.04. The van der Waals surface area contributed by atoms with E-state index in [0.717, 1.165) is 17.7 Å². The van der Waals surface area contributed by atoms with Crippen molar-refractivity contribution in [2.45, 2.75) is 38.6 Å². The van der Waals surface area contributed by atoms with E-state index < -0.39 is 0 Å². The highest BCUT2D eigenvalue weighted by Crippen LogP contribution is 2.30. The topological polar surface area (TPSA) is 66.6 Å². The van der Waals surface area contributed by atoms with Crippen LogP contribution in [-0.4, -0.2) is 21.0 Å². The first-order chi connectivity index (χ1) is 11.2. The van der Waals surface area contributed by atoms with Crippen LogP contribution in [0.2, 0.25) is 0 Å². The third-order valence-corrected chi connectivity index (χ3v) is 4.16. The smallest absolute Gasteiger partial charge is 0.269 e. The van der Waals surface area contributed by atoms with E-state index in [0.29, 0.717) is 12.6 Å². The van der Waals surface area contributed by atoms with Crippen LogP contribution in [0.5, 0.6) is 0 Å². The van der Waals surface area contributed by atoms with E-state index in [2.05, 4.69) is 4.90 Å². The molecule has 2 aromatic carbocycles. The van der Waals surface area contributed by atoms with Gasteiger partial charge in [0.05, 0.1) is 11.5 Å². The van der Waals surface area contributed by atoms with Gasteiger partial charge in [0.25, 0.3) is 5.69 Å². The molecule has 1 N–H and O–H groups in total.